The molecule has 0 amide bonds. The molecule has 0 spiro atoms. The number of nitrogens with zero attached hydrogens (tertiary/aromatic N) is 3. The Hall–Kier alpha value is -2.40. The number of aryl methyl sites for hydroxylation is 1. The topological polar surface area (TPSA) is 50.3 Å². The molecule has 5 nitrogen and oxygen atoms in total. The molecule has 0 unspecified atom stereocenters. The molecular formula is C20H24N4O. The average molecular weight is 336 g/mol. The molecule has 2 aliphatic rings. The maximum Gasteiger partial charge on any atom is 0.151 e. The summed E-state index contributed by atoms with van der Waals surface area (Å²) in [5.41, 5.74) is 3.43. The molecule has 2 aromatic rings. The van der Waals surface area contributed by atoms with Crippen molar-refractivity contribution in [2.75, 3.05) is 31.1 Å². The molecule has 0 bridgehead atoms. The summed E-state index contributed by atoms with van der Waals surface area (Å²) in [6, 6.07) is 12.8. The first-order chi connectivity index (χ1) is 12.3. The van der Waals surface area contributed by atoms with E-state index in [4.69, 9.17) is 4.74 Å². The zero-order valence-electron chi connectivity index (χ0n) is 14.6. The van der Waals surface area contributed by atoms with Gasteiger partial charge in [0.25, 0.3) is 0 Å². The lowest BCUT2D eigenvalue weighted by Gasteiger charge is -2.34. The van der Waals surface area contributed by atoms with Gasteiger partial charge in [-0.05, 0) is 49.6 Å². The average Bonchev–Trinajstić information content (AvgIpc) is 2.67. The van der Waals surface area contributed by atoms with E-state index in [0.29, 0.717) is 12.6 Å². The lowest BCUT2D eigenvalue weighted by molar-refractivity contribution is 0.338. The van der Waals surface area contributed by atoms with Crippen LogP contribution in [-0.4, -0.2) is 42.5 Å². The Balaban J connectivity index is 1.35. The van der Waals surface area contributed by atoms with E-state index in [1.165, 1.54) is 24.0 Å². The van der Waals surface area contributed by atoms with Gasteiger partial charge < -0.3 is 15.0 Å². The Labute approximate surface area is 148 Å². The van der Waals surface area contributed by atoms with Crippen molar-refractivity contribution in [3.05, 3.63) is 53.2 Å². The van der Waals surface area contributed by atoms with E-state index in [2.05, 4.69) is 44.7 Å². The highest BCUT2D eigenvalue weighted by molar-refractivity contribution is 5.62. The minimum absolute atomic E-state index is 0.468. The van der Waals surface area contributed by atoms with Crippen LogP contribution in [0.1, 0.15) is 24.1 Å². The third-order valence-electron chi connectivity index (χ3n) is 4.84. The maximum atomic E-state index is 5.84. The van der Waals surface area contributed by atoms with Gasteiger partial charge in [0.1, 0.15) is 12.4 Å². The van der Waals surface area contributed by atoms with Crippen molar-refractivity contribution in [1.29, 1.82) is 0 Å². The van der Waals surface area contributed by atoms with Gasteiger partial charge in [-0.2, -0.15) is 5.10 Å². The first-order valence-electron chi connectivity index (χ1n) is 8.98. The van der Waals surface area contributed by atoms with Gasteiger partial charge in [-0.25, -0.2) is 0 Å². The number of nitrogens with one attached hydrogen (secondary N) is 1. The summed E-state index contributed by atoms with van der Waals surface area (Å²) in [6.07, 6.45) is 4.62. The second-order valence-corrected chi connectivity index (χ2v) is 6.83. The Bertz CT molecular complexity index is 757. The Kier molecular flexibility index (Phi) is 4.65. The molecule has 1 saturated heterocycles. The summed E-state index contributed by atoms with van der Waals surface area (Å²) in [7, 11) is 0. The predicted octanol–water partition coefficient (Wildman–Crippen LogP) is 2.82. The summed E-state index contributed by atoms with van der Waals surface area (Å²) in [5, 5.41) is 12.2. The van der Waals surface area contributed by atoms with Crippen molar-refractivity contribution in [2.24, 2.45) is 0 Å². The molecule has 25 heavy (non-hydrogen) atoms. The first kappa shape index (κ1) is 16.1. The molecule has 2 aliphatic heterocycles. The number of hydrogen-bond donors (Lipinski definition) is 1. The van der Waals surface area contributed by atoms with Gasteiger partial charge in [-0.1, -0.05) is 18.2 Å². The van der Waals surface area contributed by atoms with E-state index in [1.807, 2.05) is 25.1 Å². The smallest absolute Gasteiger partial charge is 0.151 e. The summed E-state index contributed by atoms with van der Waals surface area (Å²) >= 11 is 0. The Morgan fingerprint density at radius 1 is 1.20 bits per heavy atom. The standard InChI is InChI=1S/C20H24N4O/c1-15-8-9-20(23-22-15)24-10-4-6-18(13-24)21-12-16-11-17-5-2-3-7-19(17)25-14-16/h2-3,5,7-9,11,18,21H,4,6,10,12-14H2,1H3/t18-/m0/s1. The number of piperidine rings is 1. The summed E-state index contributed by atoms with van der Waals surface area (Å²) in [6.45, 7) is 5.53. The third-order valence-corrected chi connectivity index (χ3v) is 4.84. The van der Waals surface area contributed by atoms with E-state index in [0.717, 1.165) is 36.9 Å². The Morgan fingerprint density at radius 2 is 2.12 bits per heavy atom. The number of fused-ring (bicyclic) bond motifs is 1. The van der Waals surface area contributed by atoms with Crippen LogP contribution in [0.2, 0.25) is 0 Å². The zero-order chi connectivity index (χ0) is 17.1. The van der Waals surface area contributed by atoms with Crippen LogP contribution in [-0.2, 0) is 0 Å². The number of aromatic nitrogens is 2. The number of hydrogen-bond acceptors (Lipinski definition) is 5. The van der Waals surface area contributed by atoms with Crippen LogP contribution < -0.4 is 15.0 Å². The molecule has 3 heterocycles. The van der Waals surface area contributed by atoms with Crippen LogP contribution >= 0.6 is 0 Å². The largest absolute Gasteiger partial charge is 0.489 e. The molecule has 1 aromatic carbocycles. The Morgan fingerprint density at radius 3 is 3.00 bits per heavy atom. The fourth-order valence-electron chi connectivity index (χ4n) is 3.45. The fraction of sp³-hybridized carbons (Fsp3) is 0.400. The fourth-order valence-corrected chi connectivity index (χ4v) is 3.45. The summed E-state index contributed by atoms with van der Waals surface area (Å²) < 4.78 is 5.84. The number of para-hydroxylation sites is 1. The zero-order valence-corrected chi connectivity index (χ0v) is 14.6. The first-order valence-corrected chi connectivity index (χ1v) is 8.98. The van der Waals surface area contributed by atoms with Crippen molar-refractivity contribution in [3.8, 4) is 5.75 Å². The SMILES string of the molecule is Cc1ccc(N2CCC[C@H](NCC3=Cc4ccccc4OC3)C2)nn1. The summed E-state index contributed by atoms with van der Waals surface area (Å²) in [4.78, 5) is 2.33. The highest BCUT2D eigenvalue weighted by Crippen LogP contribution is 2.25. The van der Waals surface area contributed by atoms with Gasteiger partial charge in [-0.15, -0.1) is 5.10 Å². The minimum Gasteiger partial charge on any atom is -0.489 e. The molecule has 0 saturated carbocycles. The molecule has 5 heteroatoms. The molecule has 1 fully saturated rings. The summed E-state index contributed by atoms with van der Waals surface area (Å²) in [5.74, 6) is 1.96. The van der Waals surface area contributed by atoms with Crippen LogP contribution in [0.3, 0.4) is 0 Å². The number of benzene rings is 1. The van der Waals surface area contributed by atoms with Gasteiger partial charge in [-0.3, -0.25) is 0 Å². The molecule has 4 rings (SSSR count). The number of rotatable bonds is 4. The molecule has 0 radical (unpaired) electrons. The second-order valence-electron chi connectivity index (χ2n) is 6.83. The van der Waals surface area contributed by atoms with Gasteiger partial charge in [0.15, 0.2) is 5.82 Å². The van der Waals surface area contributed by atoms with E-state index >= 15 is 0 Å². The second kappa shape index (κ2) is 7.23. The normalized spacial score (nSPS) is 19.8. The lowest BCUT2D eigenvalue weighted by atomic mass is 10.0. The minimum atomic E-state index is 0.468. The molecular weight excluding hydrogens is 312 g/mol. The van der Waals surface area contributed by atoms with Crippen LogP contribution in [0.15, 0.2) is 42.0 Å². The monoisotopic (exact) mass is 336 g/mol. The van der Waals surface area contributed by atoms with Crippen LogP contribution in [0.4, 0.5) is 5.82 Å². The molecule has 0 aliphatic carbocycles. The highest BCUT2D eigenvalue weighted by atomic mass is 16.5. The van der Waals surface area contributed by atoms with Crippen LogP contribution in [0.25, 0.3) is 6.08 Å². The number of anilines is 1. The van der Waals surface area contributed by atoms with Gasteiger partial charge in [0.2, 0.25) is 0 Å². The molecule has 130 valence electrons. The van der Waals surface area contributed by atoms with Crippen molar-refractivity contribution in [1.82, 2.24) is 15.5 Å². The van der Waals surface area contributed by atoms with E-state index in [1.54, 1.807) is 0 Å². The van der Waals surface area contributed by atoms with Crippen LogP contribution in [0, 0.1) is 6.92 Å². The quantitative estimate of drug-likeness (QED) is 0.930. The van der Waals surface area contributed by atoms with Crippen molar-refractivity contribution in [2.45, 2.75) is 25.8 Å². The van der Waals surface area contributed by atoms with E-state index < -0.39 is 0 Å². The van der Waals surface area contributed by atoms with E-state index in [9.17, 15) is 0 Å². The lowest BCUT2D eigenvalue weighted by Crippen LogP contribution is -2.46. The van der Waals surface area contributed by atoms with Crippen molar-refractivity contribution >= 4 is 11.9 Å². The van der Waals surface area contributed by atoms with Gasteiger partial charge >= 0.3 is 0 Å². The van der Waals surface area contributed by atoms with Gasteiger partial charge in [0.05, 0.1) is 5.69 Å². The molecule has 1 N–H and O–H groups in total. The van der Waals surface area contributed by atoms with E-state index in [-0.39, 0.29) is 0 Å². The third kappa shape index (κ3) is 3.82. The van der Waals surface area contributed by atoms with Crippen molar-refractivity contribution in [3.63, 3.8) is 0 Å². The highest BCUT2D eigenvalue weighted by Gasteiger charge is 2.21. The molecule has 1 atom stereocenters. The van der Waals surface area contributed by atoms with Crippen molar-refractivity contribution < 1.29 is 4.74 Å². The maximum absolute atomic E-state index is 5.84. The molecule has 1 aromatic heterocycles. The predicted molar refractivity (Wildman–Crippen MR) is 99.9 cm³/mol. The number of ether oxygens (including phenoxy) is 1. The van der Waals surface area contributed by atoms with Crippen LogP contribution in [0.5, 0.6) is 5.75 Å². The van der Waals surface area contributed by atoms with Gasteiger partial charge in [0, 0.05) is 31.2 Å².